The van der Waals surface area contributed by atoms with Crippen molar-refractivity contribution in [3.05, 3.63) is 28.8 Å². The summed E-state index contributed by atoms with van der Waals surface area (Å²) in [4.78, 5) is 12.6. The van der Waals surface area contributed by atoms with Crippen LogP contribution in [0.3, 0.4) is 0 Å². The van der Waals surface area contributed by atoms with Gasteiger partial charge in [0.15, 0.2) is 0 Å². The van der Waals surface area contributed by atoms with Gasteiger partial charge < -0.3 is 10.1 Å². The smallest absolute Gasteiger partial charge is 0.255 e. The zero-order valence-corrected chi connectivity index (χ0v) is 12.4. The fourth-order valence-electron chi connectivity index (χ4n) is 2.18. The number of ether oxygens (including phenoxy) is 1. The molecule has 98 valence electrons. The molecule has 1 N–H and O–H groups in total. The van der Waals surface area contributed by atoms with Gasteiger partial charge in [0.2, 0.25) is 0 Å². The van der Waals surface area contributed by atoms with Crippen molar-refractivity contribution in [3.63, 3.8) is 0 Å². The molecule has 1 aliphatic rings. The fourth-order valence-corrected chi connectivity index (χ4v) is 3.07. The Hall–Kier alpha value is -0.740. The highest BCUT2D eigenvalue weighted by Gasteiger charge is 2.27. The van der Waals surface area contributed by atoms with Gasteiger partial charge in [-0.3, -0.25) is 4.79 Å². The van der Waals surface area contributed by atoms with Crippen LogP contribution in [-0.2, 0) is 0 Å². The molecule has 0 heterocycles. The molecule has 2 atom stereocenters. The summed E-state index contributed by atoms with van der Waals surface area (Å²) in [6, 6.07) is 5.23. The topological polar surface area (TPSA) is 38.3 Å². The van der Waals surface area contributed by atoms with E-state index in [-0.39, 0.29) is 11.9 Å². The highest BCUT2D eigenvalue weighted by Crippen LogP contribution is 2.27. The number of carbonyl (C=O) groups excluding carboxylic acids is 1. The number of amides is 1. The molecule has 0 aliphatic heterocycles. The molecule has 1 aromatic rings. The highest BCUT2D eigenvalue weighted by atomic mass is 79.9. The lowest BCUT2D eigenvalue weighted by molar-refractivity contribution is 0.0936. The Bertz CT molecular complexity index is 453. The number of rotatable bonds is 3. The van der Waals surface area contributed by atoms with Crippen molar-refractivity contribution in [2.75, 3.05) is 7.11 Å². The molecular formula is C13H15BrClNO2. The van der Waals surface area contributed by atoms with Crippen LogP contribution >= 0.6 is 27.5 Å². The number of benzene rings is 1. The summed E-state index contributed by atoms with van der Waals surface area (Å²) in [5, 5.41) is 3.55. The van der Waals surface area contributed by atoms with E-state index in [1.54, 1.807) is 25.3 Å². The van der Waals surface area contributed by atoms with E-state index in [4.69, 9.17) is 16.3 Å². The molecule has 2 rings (SSSR count). The van der Waals surface area contributed by atoms with E-state index in [2.05, 4.69) is 21.2 Å². The number of nitrogens with one attached hydrogen (secondary N) is 1. The van der Waals surface area contributed by atoms with Crippen LogP contribution in [-0.4, -0.2) is 23.9 Å². The first-order valence-corrected chi connectivity index (χ1v) is 7.19. The third-order valence-electron chi connectivity index (χ3n) is 3.15. The van der Waals surface area contributed by atoms with Crippen molar-refractivity contribution in [3.8, 4) is 5.75 Å². The molecule has 1 aromatic carbocycles. The molecule has 0 spiro atoms. The van der Waals surface area contributed by atoms with E-state index >= 15 is 0 Å². The van der Waals surface area contributed by atoms with Crippen molar-refractivity contribution in [1.82, 2.24) is 5.32 Å². The molecule has 0 bridgehead atoms. The monoisotopic (exact) mass is 331 g/mol. The van der Waals surface area contributed by atoms with Gasteiger partial charge in [0.1, 0.15) is 5.75 Å². The molecule has 0 saturated heterocycles. The minimum Gasteiger partial charge on any atom is -0.496 e. The maximum absolute atomic E-state index is 12.2. The Morgan fingerprint density at radius 3 is 2.89 bits per heavy atom. The maximum Gasteiger partial charge on any atom is 0.255 e. The van der Waals surface area contributed by atoms with Gasteiger partial charge in [-0.05, 0) is 31.0 Å². The largest absolute Gasteiger partial charge is 0.496 e. The van der Waals surface area contributed by atoms with Crippen LogP contribution < -0.4 is 10.1 Å². The first-order valence-electron chi connectivity index (χ1n) is 5.90. The molecule has 5 heteroatoms. The van der Waals surface area contributed by atoms with Gasteiger partial charge in [-0.1, -0.05) is 34.0 Å². The molecule has 1 amide bonds. The normalized spacial score (nSPS) is 22.8. The van der Waals surface area contributed by atoms with Crippen LogP contribution in [0.25, 0.3) is 0 Å². The molecule has 18 heavy (non-hydrogen) atoms. The average Bonchev–Trinajstić information content (AvgIpc) is 2.75. The lowest BCUT2D eigenvalue weighted by atomic mass is 10.1. The van der Waals surface area contributed by atoms with Crippen LogP contribution in [0.4, 0.5) is 0 Å². The molecule has 2 unspecified atom stereocenters. The van der Waals surface area contributed by atoms with Crippen molar-refractivity contribution in [2.24, 2.45) is 0 Å². The second-order valence-corrected chi connectivity index (χ2v) is 5.98. The van der Waals surface area contributed by atoms with Gasteiger partial charge in [-0.25, -0.2) is 0 Å². The van der Waals surface area contributed by atoms with Gasteiger partial charge in [-0.15, -0.1) is 0 Å². The molecule has 0 radical (unpaired) electrons. The Labute approximate surface area is 120 Å². The Kier molecular flexibility index (Phi) is 4.51. The minimum absolute atomic E-state index is 0.134. The zero-order chi connectivity index (χ0) is 13.1. The first kappa shape index (κ1) is 13.7. The molecule has 0 aromatic heterocycles. The first-order chi connectivity index (χ1) is 8.61. The molecule has 1 fully saturated rings. The maximum atomic E-state index is 12.2. The second-order valence-electron chi connectivity index (χ2n) is 4.37. The summed E-state index contributed by atoms with van der Waals surface area (Å²) < 4.78 is 5.18. The summed E-state index contributed by atoms with van der Waals surface area (Å²) in [6.45, 7) is 0. The number of methoxy groups -OCH3 is 1. The summed E-state index contributed by atoms with van der Waals surface area (Å²) in [5.41, 5.74) is 0.483. The minimum atomic E-state index is -0.134. The van der Waals surface area contributed by atoms with E-state index in [1.807, 2.05) is 0 Å². The van der Waals surface area contributed by atoms with Gasteiger partial charge >= 0.3 is 0 Å². The lowest BCUT2D eigenvalue weighted by Gasteiger charge is -2.17. The summed E-state index contributed by atoms with van der Waals surface area (Å²) in [5.74, 6) is 0.409. The van der Waals surface area contributed by atoms with Gasteiger partial charge in [0.05, 0.1) is 12.7 Å². The number of hydrogen-bond donors (Lipinski definition) is 1. The van der Waals surface area contributed by atoms with Gasteiger partial charge in [0, 0.05) is 15.9 Å². The lowest BCUT2D eigenvalue weighted by Crippen LogP contribution is -2.37. The zero-order valence-electron chi connectivity index (χ0n) is 10.1. The Morgan fingerprint density at radius 2 is 2.28 bits per heavy atom. The van der Waals surface area contributed by atoms with Gasteiger partial charge in [-0.2, -0.15) is 0 Å². The third kappa shape index (κ3) is 2.98. The van der Waals surface area contributed by atoms with Crippen molar-refractivity contribution in [1.29, 1.82) is 0 Å². The van der Waals surface area contributed by atoms with Gasteiger partial charge in [0.25, 0.3) is 5.91 Å². The fraction of sp³-hybridized carbons (Fsp3) is 0.462. The van der Waals surface area contributed by atoms with E-state index in [1.165, 1.54) is 0 Å². The second kappa shape index (κ2) is 5.93. The summed E-state index contributed by atoms with van der Waals surface area (Å²) >= 11 is 9.50. The predicted molar refractivity (Wildman–Crippen MR) is 75.8 cm³/mol. The van der Waals surface area contributed by atoms with E-state index in [9.17, 15) is 4.79 Å². The number of hydrogen-bond acceptors (Lipinski definition) is 2. The number of carbonyl (C=O) groups is 1. The Balaban J connectivity index is 2.15. The summed E-state index contributed by atoms with van der Waals surface area (Å²) in [7, 11) is 1.54. The van der Waals surface area contributed by atoms with Crippen LogP contribution in [0.2, 0.25) is 5.02 Å². The van der Waals surface area contributed by atoms with Crippen LogP contribution in [0, 0.1) is 0 Å². The van der Waals surface area contributed by atoms with Crippen LogP contribution in [0.15, 0.2) is 18.2 Å². The number of halogens is 2. The quantitative estimate of drug-likeness (QED) is 0.862. The standard InChI is InChI=1S/C13H15BrClNO2/c1-18-12-6-5-8(15)7-9(12)13(17)16-11-4-2-3-10(11)14/h5-7,10-11H,2-4H2,1H3,(H,16,17). The molecule has 1 saturated carbocycles. The predicted octanol–water partition coefficient (Wildman–Crippen LogP) is 3.39. The van der Waals surface area contributed by atoms with E-state index in [0.29, 0.717) is 21.2 Å². The third-order valence-corrected chi connectivity index (χ3v) is 4.49. The molecule has 3 nitrogen and oxygen atoms in total. The number of alkyl halides is 1. The van der Waals surface area contributed by atoms with Crippen molar-refractivity contribution < 1.29 is 9.53 Å². The molecule has 1 aliphatic carbocycles. The average molecular weight is 333 g/mol. The van der Waals surface area contributed by atoms with Crippen LogP contribution in [0.5, 0.6) is 5.75 Å². The van der Waals surface area contributed by atoms with E-state index in [0.717, 1.165) is 19.3 Å². The highest BCUT2D eigenvalue weighted by molar-refractivity contribution is 9.09. The van der Waals surface area contributed by atoms with Crippen molar-refractivity contribution >= 4 is 33.4 Å². The SMILES string of the molecule is COc1ccc(Cl)cc1C(=O)NC1CCCC1Br. The van der Waals surface area contributed by atoms with E-state index < -0.39 is 0 Å². The molecular weight excluding hydrogens is 318 g/mol. The van der Waals surface area contributed by atoms with Crippen LogP contribution in [0.1, 0.15) is 29.6 Å². The van der Waals surface area contributed by atoms with Crippen molar-refractivity contribution in [2.45, 2.75) is 30.1 Å². The summed E-state index contributed by atoms with van der Waals surface area (Å²) in [6.07, 6.45) is 3.23. The Morgan fingerprint density at radius 1 is 1.50 bits per heavy atom.